The summed E-state index contributed by atoms with van der Waals surface area (Å²) in [5, 5.41) is 2.95. The van der Waals surface area contributed by atoms with E-state index >= 15 is 0 Å². The lowest BCUT2D eigenvalue weighted by atomic mass is 10.1. The van der Waals surface area contributed by atoms with Crippen molar-refractivity contribution in [3.8, 4) is 11.1 Å². The highest BCUT2D eigenvalue weighted by atomic mass is 32.2. The quantitative estimate of drug-likeness (QED) is 0.875. The van der Waals surface area contributed by atoms with Crippen molar-refractivity contribution in [1.29, 1.82) is 0 Å². The first-order valence-electron chi connectivity index (χ1n) is 8.03. The van der Waals surface area contributed by atoms with Gasteiger partial charge < -0.3 is 5.32 Å². The summed E-state index contributed by atoms with van der Waals surface area (Å²) in [6.45, 7) is 1.97. The molecule has 0 bridgehead atoms. The summed E-state index contributed by atoms with van der Waals surface area (Å²) in [4.78, 5) is 19.9. The monoisotopic (exact) mass is 360 g/mol. The molecule has 3 rings (SSSR count). The van der Waals surface area contributed by atoms with Crippen LogP contribution in [0.4, 0.5) is 11.5 Å². The molecular formula is C17H20N4O3S. The van der Waals surface area contributed by atoms with E-state index in [-0.39, 0.29) is 18.0 Å². The number of hydrogen-bond acceptors (Lipinski definition) is 6. The summed E-state index contributed by atoms with van der Waals surface area (Å²) in [5.74, 6) is 0.711. The molecule has 0 saturated carbocycles. The number of ketones is 1. The van der Waals surface area contributed by atoms with Crippen LogP contribution in [0.15, 0.2) is 30.6 Å². The van der Waals surface area contributed by atoms with Gasteiger partial charge in [-0.1, -0.05) is 0 Å². The zero-order valence-corrected chi connectivity index (χ0v) is 15.0. The normalized spacial score (nSPS) is 16.0. The zero-order valence-electron chi connectivity index (χ0n) is 14.2. The van der Waals surface area contributed by atoms with Gasteiger partial charge in [0.1, 0.15) is 11.6 Å². The molecule has 0 aromatic carbocycles. The Morgan fingerprint density at radius 1 is 1.28 bits per heavy atom. The molecule has 3 heterocycles. The molecule has 0 amide bonds. The lowest BCUT2D eigenvalue weighted by Crippen LogP contribution is -2.26. The molecule has 25 heavy (non-hydrogen) atoms. The minimum Gasteiger partial charge on any atom is -0.371 e. The Labute approximate surface area is 147 Å². The third-order valence-electron chi connectivity index (χ3n) is 4.05. The van der Waals surface area contributed by atoms with Gasteiger partial charge in [0.05, 0.1) is 11.4 Å². The first-order chi connectivity index (χ1) is 11.9. The number of anilines is 2. The number of carbonyl (C=O) groups excluding carboxylic acids is 1. The second-order valence-corrected chi connectivity index (χ2v) is 8.01. The Kier molecular flexibility index (Phi) is 4.71. The van der Waals surface area contributed by atoms with Crippen molar-refractivity contribution in [3.63, 3.8) is 0 Å². The molecule has 1 saturated heterocycles. The van der Waals surface area contributed by atoms with Crippen LogP contribution < -0.4 is 9.62 Å². The predicted octanol–water partition coefficient (Wildman–Crippen LogP) is 1.86. The highest BCUT2D eigenvalue weighted by molar-refractivity contribution is 7.93. The van der Waals surface area contributed by atoms with E-state index < -0.39 is 10.0 Å². The van der Waals surface area contributed by atoms with E-state index in [4.69, 9.17) is 0 Å². The molecule has 0 unspecified atom stereocenters. The van der Waals surface area contributed by atoms with E-state index in [2.05, 4.69) is 15.3 Å². The summed E-state index contributed by atoms with van der Waals surface area (Å²) < 4.78 is 26.0. The average molecular weight is 360 g/mol. The van der Waals surface area contributed by atoms with Crippen LogP contribution in [-0.2, 0) is 21.2 Å². The molecule has 0 radical (unpaired) electrons. The second kappa shape index (κ2) is 6.79. The van der Waals surface area contributed by atoms with Gasteiger partial charge in [-0.25, -0.2) is 13.4 Å². The lowest BCUT2D eigenvalue weighted by molar-refractivity contribution is -0.116. The fraction of sp³-hybridized carbons (Fsp3) is 0.353. The van der Waals surface area contributed by atoms with Crippen LogP contribution in [0.1, 0.15) is 19.0 Å². The van der Waals surface area contributed by atoms with E-state index in [0.29, 0.717) is 30.2 Å². The maximum Gasteiger partial charge on any atom is 0.235 e. The van der Waals surface area contributed by atoms with Crippen molar-refractivity contribution < 1.29 is 13.2 Å². The number of nitrogens with zero attached hydrogens (tertiary/aromatic N) is 3. The van der Waals surface area contributed by atoms with Crippen molar-refractivity contribution in [3.05, 3.63) is 36.3 Å². The maximum atomic E-state index is 12.3. The minimum atomic E-state index is -3.30. The van der Waals surface area contributed by atoms with Gasteiger partial charge >= 0.3 is 0 Å². The largest absolute Gasteiger partial charge is 0.371 e. The van der Waals surface area contributed by atoms with Crippen molar-refractivity contribution in [2.75, 3.05) is 29.0 Å². The Hall–Kier alpha value is -2.48. The number of aromatic nitrogens is 2. The smallest absolute Gasteiger partial charge is 0.235 e. The number of Topliss-reactive ketones (excluding diaryl/α,β-unsaturated/α-hetero) is 1. The summed E-state index contributed by atoms with van der Waals surface area (Å²) in [6.07, 6.45) is 4.20. The summed E-state index contributed by atoms with van der Waals surface area (Å²) in [6, 6.07) is 5.47. The summed E-state index contributed by atoms with van der Waals surface area (Å²) in [7, 11) is -1.59. The van der Waals surface area contributed by atoms with Crippen LogP contribution in [0.5, 0.6) is 0 Å². The average Bonchev–Trinajstić information content (AvgIpc) is 2.93. The number of rotatable bonds is 5. The fourth-order valence-electron chi connectivity index (χ4n) is 2.91. The predicted molar refractivity (Wildman–Crippen MR) is 97.1 cm³/mol. The summed E-state index contributed by atoms with van der Waals surface area (Å²) in [5.41, 5.74) is 2.85. The van der Waals surface area contributed by atoms with E-state index in [1.807, 2.05) is 18.2 Å². The van der Waals surface area contributed by atoms with Crippen molar-refractivity contribution in [1.82, 2.24) is 9.97 Å². The van der Waals surface area contributed by atoms with E-state index in [1.54, 1.807) is 19.4 Å². The fourth-order valence-corrected chi connectivity index (χ4v) is 4.47. The highest BCUT2D eigenvalue weighted by Crippen LogP contribution is 2.33. The van der Waals surface area contributed by atoms with Gasteiger partial charge in [0.25, 0.3) is 0 Å². The SMILES string of the molecule is CNc1ncc(-c2ccnc(CC(C)=O)c2)cc1N1CCCS1(=O)=O. The van der Waals surface area contributed by atoms with Gasteiger partial charge in [0.15, 0.2) is 0 Å². The first-order valence-corrected chi connectivity index (χ1v) is 9.64. The van der Waals surface area contributed by atoms with Crippen molar-refractivity contribution in [2.24, 2.45) is 0 Å². The Bertz CT molecular complexity index is 912. The zero-order chi connectivity index (χ0) is 18.0. The molecule has 132 valence electrons. The third kappa shape index (κ3) is 3.63. The molecule has 1 N–H and O–H groups in total. The number of pyridine rings is 2. The lowest BCUT2D eigenvalue weighted by Gasteiger charge is -2.20. The molecule has 8 heteroatoms. The molecule has 0 atom stereocenters. The second-order valence-electron chi connectivity index (χ2n) is 6.00. The van der Waals surface area contributed by atoms with Crippen LogP contribution in [0.25, 0.3) is 11.1 Å². The molecule has 7 nitrogen and oxygen atoms in total. The number of nitrogens with one attached hydrogen (secondary N) is 1. The van der Waals surface area contributed by atoms with Crippen LogP contribution in [0, 0.1) is 0 Å². The molecule has 1 aliphatic rings. The van der Waals surface area contributed by atoms with Gasteiger partial charge in [-0.2, -0.15) is 0 Å². The third-order valence-corrected chi connectivity index (χ3v) is 5.91. The van der Waals surface area contributed by atoms with Crippen molar-refractivity contribution >= 4 is 27.3 Å². The molecule has 2 aromatic rings. The maximum absolute atomic E-state index is 12.3. The van der Waals surface area contributed by atoms with E-state index in [0.717, 1.165) is 11.1 Å². The van der Waals surface area contributed by atoms with Crippen LogP contribution in [0.3, 0.4) is 0 Å². The van der Waals surface area contributed by atoms with E-state index in [9.17, 15) is 13.2 Å². The number of sulfonamides is 1. The molecule has 1 fully saturated rings. The standard InChI is InChI=1S/C17H20N4O3S/c1-12(22)8-15-9-13(4-5-19-15)14-10-16(17(18-2)20-11-14)21-6-3-7-25(21,23)24/h4-5,9-11H,3,6-8H2,1-2H3,(H,18,20). The van der Waals surface area contributed by atoms with Crippen LogP contribution >= 0.6 is 0 Å². The van der Waals surface area contributed by atoms with Gasteiger partial charge in [-0.3, -0.25) is 14.1 Å². The number of carbonyl (C=O) groups is 1. The Balaban J connectivity index is 2.04. The summed E-state index contributed by atoms with van der Waals surface area (Å²) >= 11 is 0. The van der Waals surface area contributed by atoms with Gasteiger partial charge in [0.2, 0.25) is 10.0 Å². The van der Waals surface area contributed by atoms with Gasteiger partial charge in [-0.05, 0) is 37.1 Å². The number of hydrogen-bond donors (Lipinski definition) is 1. The van der Waals surface area contributed by atoms with Crippen molar-refractivity contribution in [2.45, 2.75) is 19.8 Å². The topological polar surface area (TPSA) is 92.3 Å². The Morgan fingerprint density at radius 2 is 2.08 bits per heavy atom. The van der Waals surface area contributed by atoms with Crippen LogP contribution in [0.2, 0.25) is 0 Å². The molecular weight excluding hydrogens is 340 g/mol. The Morgan fingerprint density at radius 3 is 2.72 bits per heavy atom. The van der Waals surface area contributed by atoms with Gasteiger partial charge in [-0.15, -0.1) is 0 Å². The van der Waals surface area contributed by atoms with E-state index in [1.165, 1.54) is 11.2 Å². The molecule has 2 aromatic heterocycles. The highest BCUT2D eigenvalue weighted by Gasteiger charge is 2.30. The van der Waals surface area contributed by atoms with Crippen LogP contribution in [-0.4, -0.2) is 43.5 Å². The molecule has 1 aliphatic heterocycles. The minimum absolute atomic E-state index is 0.0390. The molecule has 0 spiro atoms. The first kappa shape index (κ1) is 17.3. The van der Waals surface area contributed by atoms with Gasteiger partial charge in [0, 0.05) is 43.7 Å². The molecule has 0 aliphatic carbocycles.